The van der Waals surface area contributed by atoms with E-state index in [-0.39, 0.29) is 11.4 Å². The number of carbonyl (C=O) groups is 1. The summed E-state index contributed by atoms with van der Waals surface area (Å²) >= 11 is 1.82. The zero-order valence-electron chi connectivity index (χ0n) is 10.4. The van der Waals surface area contributed by atoms with Crippen LogP contribution in [-0.2, 0) is 4.79 Å². The van der Waals surface area contributed by atoms with Crippen molar-refractivity contribution in [3.05, 3.63) is 24.3 Å². The number of benzene rings is 1. The normalized spacial score (nSPS) is 21.1. The average Bonchev–Trinajstić information content (AvgIpc) is 2.36. The van der Waals surface area contributed by atoms with Crippen molar-refractivity contribution in [2.45, 2.75) is 36.1 Å². The number of hydrogen-bond acceptors (Lipinski definition) is 3. The molecule has 0 spiro atoms. The molecule has 0 radical (unpaired) electrons. The van der Waals surface area contributed by atoms with Gasteiger partial charge in [0.15, 0.2) is 0 Å². The molecule has 3 nitrogen and oxygen atoms in total. The molecule has 96 valence electrons. The standard InChI is InChI=1S/C14H18N2OS/c15-14(6-3-7-14)10-13(17)16-8-9-18-12-5-2-1-4-11(12)16/h1-2,4-5H,3,6-10,15H2. The molecule has 3 rings (SSSR count). The van der Waals surface area contributed by atoms with Crippen LogP contribution in [0.5, 0.6) is 0 Å². The van der Waals surface area contributed by atoms with Crippen LogP contribution in [0.1, 0.15) is 25.7 Å². The summed E-state index contributed by atoms with van der Waals surface area (Å²) in [6, 6.07) is 8.13. The zero-order chi connectivity index (χ0) is 12.6. The second-order valence-corrected chi connectivity index (χ2v) is 6.39. The molecule has 1 fully saturated rings. The van der Waals surface area contributed by atoms with Crippen LogP contribution in [0.15, 0.2) is 29.2 Å². The van der Waals surface area contributed by atoms with E-state index in [1.807, 2.05) is 34.9 Å². The number of nitrogens with two attached hydrogens (primary N) is 1. The van der Waals surface area contributed by atoms with Crippen molar-refractivity contribution in [2.24, 2.45) is 5.73 Å². The van der Waals surface area contributed by atoms with E-state index in [4.69, 9.17) is 5.73 Å². The van der Waals surface area contributed by atoms with Crippen LogP contribution >= 0.6 is 11.8 Å². The van der Waals surface area contributed by atoms with Crippen molar-refractivity contribution in [1.29, 1.82) is 0 Å². The molecule has 0 unspecified atom stereocenters. The van der Waals surface area contributed by atoms with Crippen molar-refractivity contribution in [2.75, 3.05) is 17.2 Å². The Kier molecular flexibility index (Phi) is 3.08. The summed E-state index contributed by atoms with van der Waals surface area (Å²) in [6.07, 6.45) is 3.63. The van der Waals surface area contributed by atoms with Gasteiger partial charge in [0.2, 0.25) is 5.91 Å². The lowest BCUT2D eigenvalue weighted by Crippen LogP contribution is -2.51. The Balaban J connectivity index is 1.79. The van der Waals surface area contributed by atoms with Gasteiger partial charge in [-0.1, -0.05) is 12.1 Å². The van der Waals surface area contributed by atoms with Crippen molar-refractivity contribution in [3.63, 3.8) is 0 Å². The summed E-state index contributed by atoms with van der Waals surface area (Å²) in [5.74, 6) is 1.16. The second-order valence-electron chi connectivity index (χ2n) is 5.25. The molecule has 0 aromatic heterocycles. The minimum atomic E-state index is -0.226. The minimum Gasteiger partial charge on any atom is -0.325 e. The Morgan fingerprint density at radius 3 is 2.89 bits per heavy atom. The average molecular weight is 262 g/mol. The number of carbonyl (C=O) groups excluding carboxylic acids is 1. The van der Waals surface area contributed by atoms with E-state index in [0.29, 0.717) is 6.42 Å². The smallest absolute Gasteiger partial charge is 0.228 e. The monoisotopic (exact) mass is 262 g/mol. The molecular weight excluding hydrogens is 244 g/mol. The molecule has 1 aromatic carbocycles. The number of nitrogens with zero attached hydrogens (tertiary/aromatic N) is 1. The molecular formula is C14H18N2OS. The Morgan fingerprint density at radius 2 is 2.17 bits per heavy atom. The highest BCUT2D eigenvalue weighted by Gasteiger charge is 2.36. The highest BCUT2D eigenvalue weighted by atomic mass is 32.2. The highest BCUT2D eigenvalue weighted by Crippen LogP contribution is 2.37. The third-order valence-electron chi connectivity index (χ3n) is 3.88. The van der Waals surface area contributed by atoms with Gasteiger partial charge in [-0.3, -0.25) is 4.79 Å². The van der Waals surface area contributed by atoms with Crippen LogP contribution in [0, 0.1) is 0 Å². The summed E-state index contributed by atoms with van der Waals surface area (Å²) < 4.78 is 0. The molecule has 0 atom stereocenters. The fourth-order valence-electron chi connectivity index (χ4n) is 2.63. The van der Waals surface area contributed by atoms with Crippen LogP contribution in [0.25, 0.3) is 0 Å². The first-order valence-electron chi connectivity index (χ1n) is 6.49. The van der Waals surface area contributed by atoms with Gasteiger partial charge in [-0.25, -0.2) is 0 Å². The Bertz CT molecular complexity index is 471. The van der Waals surface area contributed by atoms with Crippen LogP contribution in [0.3, 0.4) is 0 Å². The lowest BCUT2D eigenvalue weighted by Gasteiger charge is -2.39. The molecule has 2 aliphatic rings. The van der Waals surface area contributed by atoms with Crippen LogP contribution < -0.4 is 10.6 Å². The Hall–Kier alpha value is -1.00. The van der Waals surface area contributed by atoms with Gasteiger partial charge in [0, 0.05) is 29.2 Å². The van der Waals surface area contributed by atoms with Gasteiger partial charge >= 0.3 is 0 Å². The predicted molar refractivity (Wildman–Crippen MR) is 74.9 cm³/mol. The van der Waals surface area contributed by atoms with E-state index in [0.717, 1.165) is 37.2 Å². The van der Waals surface area contributed by atoms with Gasteiger partial charge in [0.05, 0.1) is 5.69 Å². The molecule has 2 N–H and O–H groups in total. The van der Waals surface area contributed by atoms with E-state index >= 15 is 0 Å². The fraction of sp³-hybridized carbons (Fsp3) is 0.500. The lowest BCUT2D eigenvalue weighted by atomic mass is 9.75. The second kappa shape index (κ2) is 4.59. The highest BCUT2D eigenvalue weighted by molar-refractivity contribution is 7.99. The van der Waals surface area contributed by atoms with E-state index in [9.17, 15) is 4.79 Å². The summed E-state index contributed by atoms with van der Waals surface area (Å²) in [4.78, 5) is 15.5. The first kappa shape index (κ1) is 12.1. The summed E-state index contributed by atoms with van der Waals surface area (Å²) in [5.41, 5.74) is 7.01. The first-order chi connectivity index (χ1) is 8.68. The first-order valence-corrected chi connectivity index (χ1v) is 7.48. The third-order valence-corrected chi connectivity index (χ3v) is 4.93. The predicted octanol–water partition coefficient (Wildman–Crippen LogP) is 2.40. The van der Waals surface area contributed by atoms with Crippen LogP contribution in [0.4, 0.5) is 5.69 Å². The Morgan fingerprint density at radius 1 is 1.39 bits per heavy atom. The molecule has 1 aliphatic heterocycles. The molecule has 0 bridgehead atoms. The number of hydrogen-bond donors (Lipinski definition) is 1. The zero-order valence-corrected chi connectivity index (χ0v) is 11.2. The Labute approximate surface area is 112 Å². The van der Waals surface area contributed by atoms with Crippen LogP contribution in [0.2, 0.25) is 0 Å². The van der Waals surface area contributed by atoms with Crippen molar-refractivity contribution in [3.8, 4) is 0 Å². The van der Waals surface area contributed by atoms with Gasteiger partial charge in [-0.05, 0) is 31.4 Å². The quantitative estimate of drug-likeness (QED) is 0.890. The molecule has 1 heterocycles. The molecule has 1 saturated carbocycles. The molecule has 1 aromatic rings. The number of rotatable bonds is 2. The van der Waals surface area contributed by atoms with Crippen LogP contribution in [-0.4, -0.2) is 23.7 Å². The van der Waals surface area contributed by atoms with Crippen molar-refractivity contribution in [1.82, 2.24) is 0 Å². The van der Waals surface area contributed by atoms with Gasteiger partial charge in [0.1, 0.15) is 0 Å². The summed E-state index contributed by atoms with van der Waals surface area (Å²) in [5, 5.41) is 0. The van der Waals surface area contributed by atoms with Crippen molar-refractivity contribution >= 4 is 23.4 Å². The third kappa shape index (κ3) is 2.15. The molecule has 0 saturated heterocycles. The molecule has 4 heteroatoms. The minimum absolute atomic E-state index is 0.185. The maximum atomic E-state index is 12.4. The number of fused-ring (bicyclic) bond motifs is 1. The maximum absolute atomic E-state index is 12.4. The van der Waals surface area contributed by atoms with Gasteiger partial charge in [-0.15, -0.1) is 11.8 Å². The summed E-state index contributed by atoms with van der Waals surface area (Å²) in [7, 11) is 0. The number of thioether (sulfide) groups is 1. The van der Waals surface area contributed by atoms with Gasteiger partial charge in [-0.2, -0.15) is 0 Å². The van der Waals surface area contributed by atoms with E-state index in [1.165, 1.54) is 4.90 Å². The molecule has 1 amide bonds. The summed E-state index contributed by atoms with van der Waals surface area (Å²) in [6.45, 7) is 0.802. The molecule has 18 heavy (non-hydrogen) atoms. The number of anilines is 1. The lowest BCUT2D eigenvalue weighted by molar-refractivity contribution is -0.120. The van der Waals surface area contributed by atoms with Gasteiger partial charge in [0.25, 0.3) is 0 Å². The topological polar surface area (TPSA) is 46.3 Å². The van der Waals surface area contributed by atoms with Crippen molar-refractivity contribution < 1.29 is 4.79 Å². The maximum Gasteiger partial charge on any atom is 0.228 e. The number of amides is 1. The largest absolute Gasteiger partial charge is 0.325 e. The van der Waals surface area contributed by atoms with Gasteiger partial charge < -0.3 is 10.6 Å². The SMILES string of the molecule is NC1(CC(=O)N2CCSc3ccccc32)CCC1. The number of para-hydroxylation sites is 1. The van der Waals surface area contributed by atoms with E-state index in [2.05, 4.69) is 6.07 Å². The molecule has 1 aliphatic carbocycles. The fourth-order valence-corrected chi connectivity index (χ4v) is 3.63. The van der Waals surface area contributed by atoms with E-state index in [1.54, 1.807) is 0 Å². The van der Waals surface area contributed by atoms with E-state index < -0.39 is 0 Å².